The Bertz CT molecular complexity index is 1460. The van der Waals surface area contributed by atoms with Gasteiger partial charge in [-0.15, -0.1) is 23.1 Å². The fourth-order valence-corrected chi connectivity index (χ4v) is 8.68. The van der Waals surface area contributed by atoms with Crippen molar-refractivity contribution in [2.24, 2.45) is 0 Å². The summed E-state index contributed by atoms with van der Waals surface area (Å²) in [6.45, 7) is 1.31. The van der Waals surface area contributed by atoms with Crippen LogP contribution < -0.4 is 9.75 Å². The molecule has 9 heteroatoms. The van der Waals surface area contributed by atoms with Gasteiger partial charge in [0.1, 0.15) is 0 Å². The smallest absolute Gasteiger partial charge is 0.365 e. The molecular formula is C23H14F6OS2. The molecule has 1 nitrogen and oxygen atoms in total. The minimum Gasteiger partial charge on any atom is -0.365 e. The topological polar surface area (TPSA) is 9.23 Å². The van der Waals surface area contributed by atoms with Crippen molar-refractivity contribution in [3.63, 3.8) is 0 Å². The first-order chi connectivity index (χ1) is 15.0. The van der Waals surface area contributed by atoms with Gasteiger partial charge in [-0.3, -0.25) is 0 Å². The van der Waals surface area contributed by atoms with E-state index in [-0.39, 0.29) is 10.6 Å². The van der Waals surface area contributed by atoms with Gasteiger partial charge in [-0.25, -0.2) is 0 Å². The highest BCUT2D eigenvalue weighted by Crippen LogP contribution is 2.74. The van der Waals surface area contributed by atoms with Gasteiger partial charge in [0.15, 0.2) is 5.60 Å². The Kier molecular flexibility index (Phi) is 3.70. The molecule has 0 amide bonds. The van der Waals surface area contributed by atoms with E-state index in [2.05, 4.69) is 0 Å². The van der Waals surface area contributed by atoms with Crippen molar-refractivity contribution < 1.29 is 31.1 Å². The molecule has 6 rings (SSSR count). The Labute approximate surface area is 186 Å². The van der Waals surface area contributed by atoms with Crippen LogP contribution in [0.3, 0.4) is 0 Å². The third-order valence-electron chi connectivity index (χ3n) is 6.89. The summed E-state index contributed by atoms with van der Waals surface area (Å²) in [7, 11) is 0.817. The predicted octanol–water partition coefficient (Wildman–Crippen LogP) is 5.43. The van der Waals surface area contributed by atoms with Gasteiger partial charge in [0.25, 0.3) is 0 Å². The number of rotatable bonds is 1. The fourth-order valence-electron chi connectivity index (χ4n) is 5.60. The molecule has 2 atom stereocenters. The van der Waals surface area contributed by atoms with E-state index in [0.29, 0.717) is 25.3 Å². The van der Waals surface area contributed by atoms with E-state index < -0.39 is 33.7 Å². The number of methoxy groups -OCH3 is 1. The van der Waals surface area contributed by atoms with E-state index in [0.717, 1.165) is 30.2 Å². The summed E-state index contributed by atoms with van der Waals surface area (Å²) < 4.78 is 96.5. The zero-order valence-electron chi connectivity index (χ0n) is 16.6. The Morgan fingerprint density at radius 3 is 2.22 bits per heavy atom. The van der Waals surface area contributed by atoms with Crippen molar-refractivity contribution in [3.8, 4) is 0 Å². The molecule has 2 heterocycles. The van der Waals surface area contributed by atoms with Crippen LogP contribution in [0.4, 0.5) is 26.3 Å². The van der Waals surface area contributed by atoms with Gasteiger partial charge in [-0.2, -0.15) is 26.3 Å². The number of hydrogen-bond donors (Lipinski definition) is 0. The van der Waals surface area contributed by atoms with Crippen LogP contribution in [0.2, 0.25) is 0 Å². The normalized spacial score (nSPS) is 30.8. The first kappa shape index (κ1) is 20.6. The fraction of sp³-hybridized carbons (Fsp3) is 0.304. The zero-order valence-corrected chi connectivity index (χ0v) is 18.2. The highest BCUT2D eigenvalue weighted by molar-refractivity contribution is 8.01. The van der Waals surface area contributed by atoms with Crippen LogP contribution in [0.25, 0.3) is 21.2 Å². The highest BCUT2D eigenvalue weighted by Gasteiger charge is 2.93. The van der Waals surface area contributed by atoms with Gasteiger partial charge in [-0.1, -0.05) is 36.4 Å². The van der Waals surface area contributed by atoms with Gasteiger partial charge in [0.2, 0.25) is 0 Å². The Hall–Kier alpha value is -1.97. The van der Waals surface area contributed by atoms with E-state index >= 15 is 17.6 Å². The van der Waals surface area contributed by atoms with Gasteiger partial charge in [0.05, 0.1) is 10.3 Å². The lowest BCUT2D eigenvalue weighted by atomic mass is 9.71. The third-order valence-corrected chi connectivity index (χ3v) is 9.56. The maximum Gasteiger partial charge on any atom is 0.379 e. The predicted molar refractivity (Wildman–Crippen MR) is 112 cm³/mol. The number of hydrogen-bond acceptors (Lipinski definition) is 3. The molecule has 0 radical (unpaired) electrons. The minimum absolute atomic E-state index is 0.237. The van der Waals surface area contributed by atoms with Crippen molar-refractivity contribution in [3.05, 3.63) is 63.8 Å². The Balaban J connectivity index is 1.99. The molecule has 0 spiro atoms. The van der Waals surface area contributed by atoms with E-state index in [1.54, 1.807) is 42.5 Å². The molecule has 1 aromatic heterocycles. The molecule has 3 aliphatic rings. The number of thioether (sulfide) groups is 1. The molecule has 2 aromatic carbocycles. The Morgan fingerprint density at radius 2 is 1.50 bits per heavy atom. The van der Waals surface area contributed by atoms with Crippen LogP contribution in [-0.2, 0) is 4.74 Å². The molecule has 2 unspecified atom stereocenters. The maximum absolute atomic E-state index is 15.7. The molecule has 1 fully saturated rings. The Morgan fingerprint density at radius 1 is 0.844 bits per heavy atom. The van der Waals surface area contributed by atoms with Crippen molar-refractivity contribution in [1.29, 1.82) is 0 Å². The lowest BCUT2D eigenvalue weighted by Crippen LogP contribution is -2.67. The zero-order chi connectivity index (χ0) is 22.9. The average Bonchev–Trinajstić information content (AvgIpc) is 3.28. The van der Waals surface area contributed by atoms with Crippen LogP contribution in [0.5, 0.6) is 0 Å². The number of thiophene rings is 1. The first-order valence-electron chi connectivity index (χ1n) is 9.72. The largest absolute Gasteiger partial charge is 0.379 e. The quantitative estimate of drug-likeness (QED) is 0.426. The van der Waals surface area contributed by atoms with Crippen molar-refractivity contribution in [1.82, 2.24) is 0 Å². The molecule has 166 valence electrons. The van der Waals surface area contributed by atoms with Gasteiger partial charge in [0, 0.05) is 31.8 Å². The number of alkyl halides is 6. The third kappa shape index (κ3) is 1.82. The summed E-state index contributed by atoms with van der Waals surface area (Å²) in [5, 5.41) is -0.0277. The van der Waals surface area contributed by atoms with Gasteiger partial charge < -0.3 is 4.74 Å². The highest BCUT2D eigenvalue weighted by atomic mass is 32.2. The summed E-state index contributed by atoms with van der Waals surface area (Å²) in [6.07, 6.45) is 0. The van der Waals surface area contributed by atoms with E-state index in [4.69, 9.17) is 4.74 Å². The second kappa shape index (κ2) is 5.74. The van der Waals surface area contributed by atoms with Crippen molar-refractivity contribution in [2.45, 2.75) is 39.9 Å². The summed E-state index contributed by atoms with van der Waals surface area (Å²) in [5.41, 5.74) is -3.70. The summed E-state index contributed by atoms with van der Waals surface area (Å²) in [4.78, 5) is 0.556. The van der Waals surface area contributed by atoms with E-state index in [1.807, 2.05) is 0 Å². The maximum atomic E-state index is 15.7. The first-order valence-corrected chi connectivity index (χ1v) is 11.4. The lowest BCUT2D eigenvalue weighted by molar-refractivity contribution is -0.300. The van der Waals surface area contributed by atoms with Crippen LogP contribution in [0, 0.1) is 0 Å². The monoisotopic (exact) mass is 484 g/mol. The molecule has 1 saturated carbocycles. The van der Waals surface area contributed by atoms with Crippen LogP contribution in [0.15, 0.2) is 53.4 Å². The molecule has 0 bridgehead atoms. The molecule has 0 saturated heterocycles. The molecule has 1 aliphatic heterocycles. The average molecular weight is 484 g/mol. The SMILES string of the molecule is COC12C(=c3c(sc4ccccc34)=C3c4ccccc4SC31C)C(F)(F)C(F)(F)C2(F)F. The lowest BCUT2D eigenvalue weighted by Gasteiger charge is -2.48. The van der Waals surface area contributed by atoms with Crippen molar-refractivity contribution in [2.75, 3.05) is 7.11 Å². The molecule has 0 N–H and O–H groups in total. The minimum atomic E-state index is -5.64. The number of halogens is 6. The number of benzene rings is 2. The molecule has 3 aromatic rings. The molecular weight excluding hydrogens is 470 g/mol. The van der Waals surface area contributed by atoms with Crippen LogP contribution >= 0.6 is 23.1 Å². The summed E-state index contributed by atoms with van der Waals surface area (Å²) in [6, 6.07) is 13.2. The summed E-state index contributed by atoms with van der Waals surface area (Å²) >= 11 is 2.02. The van der Waals surface area contributed by atoms with E-state index in [1.165, 1.54) is 13.0 Å². The van der Waals surface area contributed by atoms with Crippen molar-refractivity contribution >= 4 is 44.3 Å². The standard InChI is InChI=1S/C23H14F6OS2/c1-19-16(12-8-4-6-10-14(12)32-19)17-15(11-7-3-5-9-13(11)31-17)18-20(19,30-2)22(26,27)23(28,29)21(18,24)25/h3-10H,1-2H3. The molecule has 32 heavy (non-hydrogen) atoms. The second-order valence-corrected chi connectivity index (χ2v) is 10.8. The number of fused-ring (bicyclic) bond motifs is 8. The second-order valence-electron chi connectivity index (χ2n) is 8.29. The summed E-state index contributed by atoms with van der Waals surface area (Å²) in [5.74, 6) is -15.9. The van der Waals surface area contributed by atoms with Crippen LogP contribution in [-0.4, -0.2) is 35.2 Å². The van der Waals surface area contributed by atoms with Gasteiger partial charge >= 0.3 is 17.8 Å². The number of ether oxygens (including phenoxy) is 1. The van der Waals surface area contributed by atoms with Crippen LogP contribution in [0.1, 0.15) is 12.5 Å². The van der Waals surface area contributed by atoms with Gasteiger partial charge in [-0.05, 0) is 30.2 Å². The van der Waals surface area contributed by atoms with E-state index in [9.17, 15) is 8.78 Å². The molecule has 2 aliphatic carbocycles.